The summed E-state index contributed by atoms with van der Waals surface area (Å²) < 4.78 is 74.8. The Bertz CT molecular complexity index is 1210. The fraction of sp³-hybridized carbons (Fsp3) is 0.435. The monoisotopic (exact) mass is 512 g/mol. The molecule has 2 aromatic rings. The summed E-state index contributed by atoms with van der Waals surface area (Å²) in [6.07, 6.45) is 4.27. The fourth-order valence-electron chi connectivity index (χ4n) is 3.99. The Kier molecular flexibility index (Phi) is 8.49. The van der Waals surface area contributed by atoms with E-state index in [9.17, 15) is 21.6 Å². The van der Waals surface area contributed by atoms with Crippen LogP contribution in [-0.2, 0) is 14.6 Å². The molecular weight excluding hydrogens is 485 g/mol. The first-order valence-corrected chi connectivity index (χ1v) is 12.4. The van der Waals surface area contributed by atoms with Gasteiger partial charge in [-0.1, -0.05) is 6.07 Å². The number of nitrogens with zero attached hydrogens (tertiary/aromatic N) is 3. The average molecular weight is 513 g/mol. The molecule has 2 aliphatic heterocycles. The molecule has 0 saturated carbocycles. The average Bonchev–Trinajstić information content (AvgIpc) is 3.05. The van der Waals surface area contributed by atoms with E-state index in [-0.39, 0.29) is 35.7 Å². The van der Waals surface area contributed by atoms with Crippen LogP contribution in [0.3, 0.4) is 0 Å². The fourth-order valence-corrected chi connectivity index (χ4v) is 6.30. The number of rotatable bonds is 7. The van der Waals surface area contributed by atoms with Crippen molar-refractivity contribution in [2.45, 2.75) is 42.4 Å². The number of aliphatic imine (C=N–C) groups is 1. The second-order valence-electron chi connectivity index (χ2n) is 8.06. The molecule has 2 N–H and O–H groups in total. The Morgan fingerprint density at radius 1 is 1.26 bits per heavy atom. The molecule has 3 heterocycles. The van der Waals surface area contributed by atoms with Crippen LogP contribution in [0.15, 0.2) is 35.6 Å². The summed E-state index contributed by atoms with van der Waals surface area (Å²) in [5.74, 6) is -1.10. The highest BCUT2D eigenvalue weighted by atomic mass is 32.2. The zero-order valence-corrected chi connectivity index (χ0v) is 20.3. The van der Waals surface area contributed by atoms with Crippen molar-refractivity contribution in [1.29, 1.82) is 0 Å². The second-order valence-corrected chi connectivity index (χ2v) is 10.4. The SMILES string of the molecule is CF.COC(C)COc1cnc(/C(F)=C/c2ccc(F)c(C3N=C(N)C4CCC3S4(=O)=O)c2)cn1. The Balaban J connectivity index is 0.00000167. The first-order valence-electron chi connectivity index (χ1n) is 10.8. The van der Waals surface area contributed by atoms with E-state index in [1.807, 2.05) is 6.92 Å². The molecule has 2 aliphatic rings. The topological polar surface area (TPSA) is 117 Å². The molecule has 2 bridgehead atoms. The van der Waals surface area contributed by atoms with Crippen molar-refractivity contribution < 1.29 is 31.1 Å². The number of amidine groups is 1. The van der Waals surface area contributed by atoms with Crippen LogP contribution < -0.4 is 10.5 Å². The molecule has 8 nitrogen and oxygen atoms in total. The maximum atomic E-state index is 14.8. The molecule has 1 aromatic carbocycles. The lowest BCUT2D eigenvalue weighted by molar-refractivity contribution is 0.0698. The van der Waals surface area contributed by atoms with Gasteiger partial charge in [-0.15, -0.1) is 0 Å². The molecule has 0 spiro atoms. The highest BCUT2D eigenvalue weighted by molar-refractivity contribution is 7.93. The normalized spacial score (nSPS) is 23.7. The van der Waals surface area contributed by atoms with Gasteiger partial charge in [-0.05, 0) is 43.5 Å². The zero-order chi connectivity index (χ0) is 25.8. The summed E-state index contributed by atoms with van der Waals surface area (Å²) in [6, 6.07) is 2.97. The summed E-state index contributed by atoms with van der Waals surface area (Å²) >= 11 is 0. The van der Waals surface area contributed by atoms with E-state index in [1.165, 1.54) is 30.6 Å². The maximum Gasteiger partial charge on any atom is 0.232 e. The van der Waals surface area contributed by atoms with Gasteiger partial charge in [0.1, 0.15) is 29.2 Å². The molecular formula is C23H27F3N4O4S. The van der Waals surface area contributed by atoms with Crippen LogP contribution in [0.25, 0.3) is 11.9 Å². The van der Waals surface area contributed by atoms with Gasteiger partial charge in [0.2, 0.25) is 5.88 Å². The molecule has 1 saturated heterocycles. The van der Waals surface area contributed by atoms with E-state index >= 15 is 0 Å². The number of hydrogen-bond acceptors (Lipinski definition) is 8. The minimum atomic E-state index is -3.54. The van der Waals surface area contributed by atoms with Crippen molar-refractivity contribution in [3.05, 3.63) is 53.2 Å². The van der Waals surface area contributed by atoms with Gasteiger partial charge in [0.15, 0.2) is 15.7 Å². The lowest BCUT2D eigenvalue weighted by Crippen LogP contribution is -2.42. The quantitative estimate of drug-likeness (QED) is 0.604. The Morgan fingerprint density at radius 3 is 2.66 bits per heavy atom. The highest BCUT2D eigenvalue weighted by Gasteiger charge is 2.51. The Hall–Kier alpha value is -2.99. The summed E-state index contributed by atoms with van der Waals surface area (Å²) in [5.41, 5.74) is 6.22. The van der Waals surface area contributed by atoms with Gasteiger partial charge in [-0.2, -0.15) is 0 Å². The molecule has 1 aromatic heterocycles. The van der Waals surface area contributed by atoms with E-state index in [0.717, 1.165) is 6.07 Å². The number of nitrogens with two attached hydrogens (primary N) is 1. The lowest BCUT2D eigenvalue weighted by Gasteiger charge is -2.26. The number of methoxy groups -OCH3 is 1. The van der Waals surface area contributed by atoms with Crippen molar-refractivity contribution in [3.63, 3.8) is 0 Å². The standard InChI is InChI=1S/C22H24F2N4O4S.CH3F/c1-12(31-2)11-32-20-10-26-17(9-27-20)16(24)8-13-3-4-15(23)14(7-13)21-18-5-6-19(22(25)28-21)33(18,29)30;1-2/h3-4,7-10,12,18-19,21H,5-6,11H2,1-2H3,(H2,25,28);1H3/b16-8-;. The molecule has 35 heavy (non-hydrogen) atoms. The molecule has 0 aliphatic carbocycles. The summed E-state index contributed by atoms with van der Waals surface area (Å²) in [5, 5.41) is -1.64. The van der Waals surface area contributed by atoms with Crippen molar-refractivity contribution in [1.82, 2.24) is 9.97 Å². The van der Waals surface area contributed by atoms with Crippen LogP contribution in [0.1, 0.15) is 42.6 Å². The zero-order valence-electron chi connectivity index (χ0n) is 19.5. The van der Waals surface area contributed by atoms with Crippen molar-refractivity contribution in [2.24, 2.45) is 10.7 Å². The molecule has 4 rings (SSSR count). The number of fused-ring (bicyclic) bond motifs is 2. The molecule has 0 radical (unpaired) electrons. The summed E-state index contributed by atoms with van der Waals surface area (Å²) in [4.78, 5) is 12.3. The van der Waals surface area contributed by atoms with Gasteiger partial charge in [-0.25, -0.2) is 27.2 Å². The first kappa shape index (κ1) is 26.6. The minimum Gasteiger partial charge on any atom is -0.474 e. The van der Waals surface area contributed by atoms with Gasteiger partial charge in [0, 0.05) is 12.7 Å². The van der Waals surface area contributed by atoms with Gasteiger partial charge in [-0.3, -0.25) is 9.38 Å². The van der Waals surface area contributed by atoms with E-state index in [1.54, 1.807) is 7.11 Å². The summed E-state index contributed by atoms with van der Waals surface area (Å²) in [7, 11) is -1.48. The smallest absolute Gasteiger partial charge is 0.232 e. The van der Waals surface area contributed by atoms with Crippen LogP contribution in [0.2, 0.25) is 0 Å². The van der Waals surface area contributed by atoms with E-state index in [0.29, 0.717) is 25.6 Å². The van der Waals surface area contributed by atoms with Gasteiger partial charge in [0.25, 0.3) is 0 Å². The molecule has 0 amide bonds. The minimum absolute atomic E-state index is 0.00208. The Labute approximate surface area is 202 Å². The molecule has 4 atom stereocenters. The molecule has 12 heteroatoms. The highest BCUT2D eigenvalue weighted by Crippen LogP contribution is 2.42. The maximum absolute atomic E-state index is 14.8. The Morgan fingerprint density at radius 2 is 2.00 bits per heavy atom. The largest absolute Gasteiger partial charge is 0.474 e. The number of hydrogen-bond donors (Lipinski definition) is 1. The predicted molar refractivity (Wildman–Crippen MR) is 127 cm³/mol. The number of halogens is 3. The van der Waals surface area contributed by atoms with Crippen LogP contribution in [0, 0.1) is 5.82 Å². The van der Waals surface area contributed by atoms with Crippen LogP contribution in [0.4, 0.5) is 13.2 Å². The van der Waals surface area contributed by atoms with Crippen molar-refractivity contribution in [3.8, 4) is 5.88 Å². The molecule has 4 unspecified atom stereocenters. The second kappa shape index (κ2) is 11.2. The molecule has 190 valence electrons. The number of ether oxygens (including phenoxy) is 2. The third-order valence-electron chi connectivity index (χ3n) is 5.88. The van der Waals surface area contributed by atoms with Crippen molar-refractivity contribution in [2.75, 3.05) is 20.9 Å². The number of alkyl halides is 1. The van der Waals surface area contributed by atoms with Crippen molar-refractivity contribution >= 4 is 27.6 Å². The van der Waals surface area contributed by atoms with E-state index < -0.39 is 38.0 Å². The first-order chi connectivity index (χ1) is 16.7. The third-order valence-corrected chi connectivity index (χ3v) is 8.48. The lowest BCUT2D eigenvalue weighted by atomic mass is 9.98. The number of sulfone groups is 1. The number of aromatic nitrogens is 2. The molecule has 1 fully saturated rings. The van der Waals surface area contributed by atoms with Gasteiger partial charge >= 0.3 is 0 Å². The van der Waals surface area contributed by atoms with E-state index in [2.05, 4.69) is 15.0 Å². The van der Waals surface area contributed by atoms with Crippen LogP contribution in [0.5, 0.6) is 5.88 Å². The third kappa shape index (κ3) is 5.64. The number of benzene rings is 1. The van der Waals surface area contributed by atoms with Gasteiger partial charge in [0.05, 0.1) is 37.0 Å². The summed E-state index contributed by atoms with van der Waals surface area (Å²) in [6.45, 7) is 2.10. The van der Waals surface area contributed by atoms with E-state index in [4.69, 9.17) is 15.2 Å². The predicted octanol–water partition coefficient (Wildman–Crippen LogP) is 3.44. The van der Waals surface area contributed by atoms with Gasteiger partial charge < -0.3 is 15.2 Å². The van der Waals surface area contributed by atoms with Crippen LogP contribution in [-0.4, -0.2) is 61.7 Å². The van der Waals surface area contributed by atoms with Crippen LogP contribution >= 0.6 is 0 Å².